The smallest absolute Gasteiger partial charge is 0.309 e. The fourth-order valence-corrected chi connectivity index (χ4v) is 2.26. The molecule has 1 fully saturated rings. The maximum absolute atomic E-state index is 10.9. The molecule has 1 aliphatic heterocycles. The van der Waals surface area contributed by atoms with Crippen LogP contribution in [-0.2, 0) is 9.53 Å². The van der Waals surface area contributed by atoms with Crippen molar-refractivity contribution in [2.45, 2.75) is 45.6 Å². The topological polar surface area (TPSA) is 29.5 Å². The highest BCUT2D eigenvalue weighted by Gasteiger charge is 2.19. The van der Waals surface area contributed by atoms with Gasteiger partial charge in [-0.15, -0.1) is 0 Å². The summed E-state index contributed by atoms with van der Waals surface area (Å²) in [7, 11) is 1.43. The van der Waals surface area contributed by atoms with Gasteiger partial charge < -0.3 is 9.64 Å². The Bertz CT molecular complexity index is 253. The second-order valence-corrected chi connectivity index (χ2v) is 5.06. The zero-order valence-corrected chi connectivity index (χ0v) is 11.3. The van der Waals surface area contributed by atoms with Crippen molar-refractivity contribution in [2.24, 2.45) is 5.92 Å². The Morgan fingerprint density at radius 1 is 1.35 bits per heavy atom. The van der Waals surface area contributed by atoms with E-state index in [0.29, 0.717) is 12.5 Å². The number of hydrogen-bond donors (Lipinski definition) is 0. The summed E-state index contributed by atoms with van der Waals surface area (Å²) < 4.78 is 4.59. The number of piperidine rings is 1. The summed E-state index contributed by atoms with van der Waals surface area (Å²) >= 11 is 0. The average Bonchev–Trinajstić information content (AvgIpc) is 2.34. The standard InChI is InChI=1S/C14H25NO2/c1-12(2)15-10-8-13(9-11-15)6-4-5-7-14(16)17-3/h4-5,12-13H,6-11H2,1-3H3/b5-4-. The largest absolute Gasteiger partial charge is 0.469 e. The second-order valence-electron chi connectivity index (χ2n) is 5.06. The van der Waals surface area contributed by atoms with Crippen LogP contribution in [-0.4, -0.2) is 37.1 Å². The van der Waals surface area contributed by atoms with Crippen molar-refractivity contribution in [1.82, 2.24) is 4.90 Å². The normalized spacial score (nSPS) is 19.1. The van der Waals surface area contributed by atoms with Gasteiger partial charge in [0.1, 0.15) is 0 Å². The van der Waals surface area contributed by atoms with Crippen LogP contribution >= 0.6 is 0 Å². The minimum atomic E-state index is -0.157. The first kappa shape index (κ1) is 14.2. The molecule has 0 amide bonds. The number of likely N-dealkylation sites (tertiary alicyclic amines) is 1. The Morgan fingerprint density at radius 2 is 2.00 bits per heavy atom. The van der Waals surface area contributed by atoms with Crippen LogP contribution in [0.15, 0.2) is 12.2 Å². The Hall–Kier alpha value is -0.830. The summed E-state index contributed by atoms with van der Waals surface area (Å²) in [4.78, 5) is 13.4. The van der Waals surface area contributed by atoms with Crippen molar-refractivity contribution in [2.75, 3.05) is 20.2 Å². The molecule has 0 saturated carbocycles. The van der Waals surface area contributed by atoms with Gasteiger partial charge in [0.15, 0.2) is 0 Å². The van der Waals surface area contributed by atoms with Crippen LogP contribution in [0, 0.1) is 5.92 Å². The maximum atomic E-state index is 10.9. The molecule has 0 atom stereocenters. The van der Waals surface area contributed by atoms with E-state index >= 15 is 0 Å². The first-order valence-corrected chi connectivity index (χ1v) is 6.59. The van der Waals surface area contributed by atoms with E-state index in [1.807, 2.05) is 6.08 Å². The van der Waals surface area contributed by atoms with Crippen molar-refractivity contribution >= 4 is 5.97 Å². The summed E-state index contributed by atoms with van der Waals surface area (Å²) in [5, 5.41) is 0. The summed E-state index contributed by atoms with van der Waals surface area (Å²) in [6.07, 6.45) is 8.12. The second kappa shape index (κ2) is 7.49. The number of ether oxygens (including phenoxy) is 1. The van der Waals surface area contributed by atoms with Gasteiger partial charge in [-0.3, -0.25) is 4.79 Å². The molecule has 98 valence electrons. The number of rotatable bonds is 5. The van der Waals surface area contributed by atoms with Gasteiger partial charge in [-0.1, -0.05) is 12.2 Å². The molecule has 17 heavy (non-hydrogen) atoms. The van der Waals surface area contributed by atoms with Crippen LogP contribution in [0.4, 0.5) is 0 Å². The molecule has 0 aromatic carbocycles. The number of methoxy groups -OCH3 is 1. The minimum Gasteiger partial charge on any atom is -0.469 e. The van der Waals surface area contributed by atoms with Gasteiger partial charge in [0.05, 0.1) is 13.5 Å². The van der Waals surface area contributed by atoms with E-state index in [1.54, 1.807) is 0 Å². The molecule has 0 aromatic heterocycles. The fourth-order valence-electron chi connectivity index (χ4n) is 2.26. The fraction of sp³-hybridized carbons (Fsp3) is 0.786. The summed E-state index contributed by atoms with van der Waals surface area (Å²) in [6.45, 7) is 6.95. The van der Waals surface area contributed by atoms with Gasteiger partial charge in [0.2, 0.25) is 0 Å². The Kier molecular flexibility index (Phi) is 6.27. The lowest BCUT2D eigenvalue weighted by molar-refractivity contribution is -0.139. The number of carbonyl (C=O) groups excluding carboxylic acids is 1. The highest BCUT2D eigenvalue weighted by atomic mass is 16.5. The van der Waals surface area contributed by atoms with Crippen molar-refractivity contribution in [3.8, 4) is 0 Å². The minimum absolute atomic E-state index is 0.157. The lowest BCUT2D eigenvalue weighted by Gasteiger charge is -2.34. The van der Waals surface area contributed by atoms with Crippen molar-refractivity contribution in [3.05, 3.63) is 12.2 Å². The van der Waals surface area contributed by atoms with Gasteiger partial charge in [-0.05, 0) is 52.1 Å². The predicted molar refractivity (Wildman–Crippen MR) is 69.8 cm³/mol. The Labute approximate surface area is 105 Å². The third-order valence-corrected chi connectivity index (χ3v) is 3.53. The highest BCUT2D eigenvalue weighted by molar-refractivity contribution is 5.70. The lowest BCUT2D eigenvalue weighted by Crippen LogP contribution is -2.38. The highest BCUT2D eigenvalue weighted by Crippen LogP contribution is 2.22. The van der Waals surface area contributed by atoms with E-state index in [2.05, 4.69) is 29.6 Å². The quantitative estimate of drug-likeness (QED) is 0.545. The zero-order chi connectivity index (χ0) is 12.7. The van der Waals surface area contributed by atoms with E-state index in [1.165, 1.54) is 33.0 Å². The molecule has 3 heteroatoms. The molecular formula is C14H25NO2. The van der Waals surface area contributed by atoms with Crippen LogP contribution in [0.5, 0.6) is 0 Å². The molecule has 1 aliphatic rings. The average molecular weight is 239 g/mol. The van der Waals surface area contributed by atoms with Crippen LogP contribution < -0.4 is 0 Å². The molecule has 1 heterocycles. The van der Waals surface area contributed by atoms with E-state index in [0.717, 1.165) is 12.3 Å². The molecule has 1 rings (SSSR count). The number of allylic oxidation sites excluding steroid dienone is 1. The van der Waals surface area contributed by atoms with Gasteiger partial charge in [0, 0.05) is 6.04 Å². The van der Waals surface area contributed by atoms with Crippen LogP contribution in [0.1, 0.15) is 39.5 Å². The molecule has 0 unspecified atom stereocenters. The predicted octanol–water partition coefficient (Wildman–Crippen LogP) is 2.62. The van der Waals surface area contributed by atoms with Crippen LogP contribution in [0.25, 0.3) is 0 Å². The van der Waals surface area contributed by atoms with E-state index in [4.69, 9.17) is 0 Å². The third kappa shape index (κ3) is 5.35. The molecule has 0 N–H and O–H groups in total. The molecule has 0 spiro atoms. The summed E-state index contributed by atoms with van der Waals surface area (Å²) in [5.74, 6) is 0.634. The van der Waals surface area contributed by atoms with E-state index in [9.17, 15) is 4.79 Å². The number of carbonyl (C=O) groups is 1. The molecule has 0 aliphatic carbocycles. The lowest BCUT2D eigenvalue weighted by atomic mass is 9.93. The van der Waals surface area contributed by atoms with Gasteiger partial charge in [0.25, 0.3) is 0 Å². The van der Waals surface area contributed by atoms with Gasteiger partial charge in [-0.25, -0.2) is 0 Å². The number of esters is 1. The van der Waals surface area contributed by atoms with E-state index < -0.39 is 0 Å². The van der Waals surface area contributed by atoms with Gasteiger partial charge >= 0.3 is 5.97 Å². The third-order valence-electron chi connectivity index (χ3n) is 3.53. The SMILES string of the molecule is COC(=O)C/C=C\CC1CCN(C(C)C)CC1. The zero-order valence-electron chi connectivity index (χ0n) is 11.3. The molecule has 0 bridgehead atoms. The summed E-state index contributed by atoms with van der Waals surface area (Å²) in [5.41, 5.74) is 0. The Balaban J connectivity index is 2.16. The number of hydrogen-bond acceptors (Lipinski definition) is 3. The molecular weight excluding hydrogens is 214 g/mol. The monoisotopic (exact) mass is 239 g/mol. The maximum Gasteiger partial charge on any atom is 0.309 e. The van der Waals surface area contributed by atoms with Crippen LogP contribution in [0.2, 0.25) is 0 Å². The van der Waals surface area contributed by atoms with Gasteiger partial charge in [-0.2, -0.15) is 0 Å². The van der Waals surface area contributed by atoms with E-state index in [-0.39, 0.29) is 5.97 Å². The molecule has 3 nitrogen and oxygen atoms in total. The Morgan fingerprint density at radius 3 is 2.53 bits per heavy atom. The first-order valence-electron chi connectivity index (χ1n) is 6.59. The van der Waals surface area contributed by atoms with Crippen molar-refractivity contribution in [1.29, 1.82) is 0 Å². The first-order chi connectivity index (χ1) is 8.13. The number of nitrogens with zero attached hydrogens (tertiary/aromatic N) is 1. The summed E-state index contributed by atoms with van der Waals surface area (Å²) in [6, 6.07) is 0.672. The molecule has 1 saturated heterocycles. The molecule has 0 radical (unpaired) electrons. The van der Waals surface area contributed by atoms with Crippen molar-refractivity contribution in [3.63, 3.8) is 0 Å². The van der Waals surface area contributed by atoms with Crippen molar-refractivity contribution < 1.29 is 9.53 Å². The molecule has 0 aromatic rings. The van der Waals surface area contributed by atoms with Crippen LogP contribution in [0.3, 0.4) is 0 Å².